The number of carbonyl (C=O) groups excluding carboxylic acids is 3. The van der Waals surface area contributed by atoms with Gasteiger partial charge in [-0.3, -0.25) is 14.4 Å². The van der Waals surface area contributed by atoms with E-state index in [0.717, 1.165) is 44.1 Å². The van der Waals surface area contributed by atoms with Crippen molar-refractivity contribution in [3.05, 3.63) is 29.7 Å². The summed E-state index contributed by atoms with van der Waals surface area (Å²) >= 11 is 0. The van der Waals surface area contributed by atoms with E-state index >= 15 is 0 Å². The van der Waals surface area contributed by atoms with Crippen molar-refractivity contribution in [1.29, 1.82) is 0 Å². The predicted octanol–water partition coefficient (Wildman–Crippen LogP) is 4.30. The zero-order chi connectivity index (χ0) is 19.4. The van der Waals surface area contributed by atoms with Crippen LogP contribution in [-0.2, 0) is 19.1 Å². The van der Waals surface area contributed by atoms with Crippen LogP contribution in [-0.4, -0.2) is 17.5 Å². The Hall–Kier alpha value is -1.93. The van der Waals surface area contributed by atoms with Crippen LogP contribution in [0.4, 0.5) is 0 Å². The van der Waals surface area contributed by atoms with Gasteiger partial charge in [0, 0.05) is 30.6 Å². The van der Waals surface area contributed by atoms with Gasteiger partial charge in [0.2, 0.25) is 0 Å². The summed E-state index contributed by atoms with van der Waals surface area (Å²) in [6, 6.07) is 0. The van der Waals surface area contributed by atoms with Crippen molar-refractivity contribution in [3.8, 4) is 0 Å². The molecule has 0 unspecified atom stereocenters. The molecule has 5 atom stereocenters. The molecule has 0 bridgehead atoms. The Morgan fingerprint density at radius 2 is 1.93 bits per heavy atom. The molecule has 3 saturated carbocycles. The zero-order valence-electron chi connectivity index (χ0n) is 16.3. The molecule has 4 rings (SSSR count). The van der Waals surface area contributed by atoms with Crippen LogP contribution < -0.4 is 0 Å². The maximum absolute atomic E-state index is 12.6. The third-order valence-electron chi connectivity index (χ3n) is 8.00. The van der Waals surface area contributed by atoms with Crippen molar-refractivity contribution in [3.63, 3.8) is 0 Å². The fraction of sp³-hybridized carbons (Fsp3) is 0.652. The number of allylic oxidation sites excluding steroid dienone is 2. The molecule has 0 aliphatic heterocycles. The summed E-state index contributed by atoms with van der Waals surface area (Å²) in [4.78, 5) is 36.7. The zero-order valence-corrected chi connectivity index (χ0v) is 16.3. The number of carbonyl (C=O) groups is 3. The number of fused-ring (bicyclic) bond motifs is 5. The molecular weight excluding hydrogens is 340 g/mol. The standard InChI is InChI=1S/C23H28O4/c1-4-11-23-13-10-19(25)21(27-14(2)24)18(23)6-5-15-16-7-8-20(26)22(16,3)12-9-17(15)23/h11,15-17H,1,5-10,12-13H2,2-3H3/t15-,16-,17-,22-,23+/m0/s1. The van der Waals surface area contributed by atoms with Gasteiger partial charge in [-0.05, 0) is 67.9 Å². The number of ether oxygens (including phenoxy) is 1. The molecule has 0 aromatic carbocycles. The van der Waals surface area contributed by atoms with Gasteiger partial charge in [0.15, 0.2) is 11.5 Å². The topological polar surface area (TPSA) is 60.4 Å². The fourth-order valence-electron chi connectivity index (χ4n) is 6.84. The van der Waals surface area contributed by atoms with Gasteiger partial charge in [0.05, 0.1) is 0 Å². The predicted molar refractivity (Wildman–Crippen MR) is 100 cm³/mol. The molecule has 4 nitrogen and oxygen atoms in total. The Morgan fingerprint density at radius 1 is 1.15 bits per heavy atom. The van der Waals surface area contributed by atoms with Crippen molar-refractivity contribution in [2.24, 2.45) is 28.6 Å². The van der Waals surface area contributed by atoms with Crippen molar-refractivity contribution >= 4 is 17.5 Å². The third-order valence-corrected chi connectivity index (χ3v) is 8.00. The van der Waals surface area contributed by atoms with Crippen LogP contribution in [0, 0.1) is 28.6 Å². The summed E-state index contributed by atoms with van der Waals surface area (Å²) in [7, 11) is 0. The molecule has 0 spiro atoms. The van der Waals surface area contributed by atoms with Crippen LogP contribution in [0.2, 0.25) is 0 Å². The molecule has 4 aliphatic rings. The quantitative estimate of drug-likeness (QED) is 0.539. The molecule has 0 aromatic heterocycles. The molecule has 4 heteroatoms. The van der Waals surface area contributed by atoms with Crippen LogP contribution in [0.3, 0.4) is 0 Å². The van der Waals surface area contributed by atoms with Crippen molar-refractivity contribution < 1.29 is 19.1 Å². The lowest BCUT2D eigenvalue weighted by molar-refractivity contribution is -0.142. The smallest absolute Gasteiger partial charge is 0.308 e. The van der Waals surface area contributed by atoms with Crippen molar-refractivity contribution in [2.75, 3.05) is 0 Å². The van der Waals surface area contributed by atoms with Crippen LogP contribution in [0.15, 0.2) is 29.7 Å². The minimum Gasteiger partial charge on any atom is -0.423 e. The number of hydrogen-bond donors (Lipinski definition) is 0. The van der Waals surface area contributed by atoms with Crippen LogP contribution in [0.5, 0.6) is 0 Å². The molecule has 0 radical (unpaired) electrons. The van der Waals surface area contributed by atoms with E-state index in [1.54, 1.807) is 0 Å². The van der Waals surface area contributed by atoms with Gasteiger partial charge in [-0.1, -0.05) is 13.5 Å². The van der Waals surface area contributed by atoms with E-state index in [-0.39, 0.29) is 22.4 Å². The monoisotopic (exact) mass is 368 g/mol. The van der Waals surface area contributed by atoms with E-state index in [9.17, 15) is 14.4 Å². The molecule has 144 valence electrons. The second kappa shape index (κ2) is 6.31. The minimum absolute atomic E-state index is 0.0663. The maximum atomic E-state index is 12.6. The molecule has 0 aromatic rings. The van der Waals surface area contributed by atoms with Gasteiger partial charge < -0.3 is 4.74 Å². The molecular formula is C23H28O4. The van der Waals surface area contributed by atoms with E-state index in [1.807, 2.05) is 6.08 Å². The van der Waals surface area contributed by atoms with Crippen LogP contribution in [0.25, 0.3) is 0 Å². The summed E-state index contributed by atoms with van der Waals surface area (Å²) in [6.07, 6.45) is 8.41. The average Bonchev–Trinajstić information content (AvgIpc) is 2.93. The summed E-state index contributed by atoms with van der Waals surface area (Å²) in [5.41, 5.74) is 3.49. The lowest BCUT2D eigenvalue weighted by atomic mass is 9.47. The summed E-state index contributed by atoms with van der Waals surface area (Å²) in [6.45, 7) is 7.34. The van der Waals surface area contributed by atoms with Crippen molar-refractivity contribution in [2.45, 2.75) is 65.2 Å². The second-order valence-corrected chi connectivity index (χ2v) is 9.05. The van der Waals surface area contributed by atoms with E-state index < -0.39 is 5.97 Å². The first kappa shape index (κ1) is 18.4. The lowest BCUT2D eigenvalue weighted by Gasteiger charge is -2.57. The van der Waals surface area contributed by atoms with E-state index in [0.29, 0.717) is 36.4 Å². The number of hydrogen-bond acceptors (Lipinski definition) is 4. The average molecular weight is 368 g/mol. The molecule has 0 amide bonds. The highest BCUT2D eigenvalue weighted by Crippen LogP contribution is 2.65. The Bertz CT molecular complexity index is 799. The molecule has 0 N–H and O–H groups in total. The maximum Gasteiger partial charge on any atom is 0.308 e. The summed E-state index contributed by atoms with van der Waals surface area (Å²) in [5.74, 6) is 1.45. The highest BCUT2D eigenvalue weighted by atomic mass is 16.5. The minimum atomic E-state index is -0.441. The summed E-state index contributed by atoms with van der Waals surface area (Å²) in [5, 5.41) is 0. The lowest BCUT2D eigenvalue weighted by Crippen LogP contribution is -2.51. The highest BCUT2D eigenvalue weighted by molar-refractivity contribution is 5.97. The fourth-order valence-corrected chi connectivity index (χ4v) is 6.84. The van der Waals surface area contributed by atoms with E-state index in [4.69, 9.17) is 4.74 Å². The van der Waals surface area contributed by atoms with Gasteiger partial charge in [-0.2, -0.15) is 0 Å². The van der Waals surface area contributed by atoms with E-state index in [2.05, 4.69) is 19.2 Å². The number of esters is 1. The molecule has 0 saturated heterocycles. The molecule has 0 heterocycles. The largest absolute Gasteiger partial charge is 0.423 e. The Labute approximate surface area is 160 Å². The Kier molecular flexibility index (Phi) is 4.31. The first-order valence-electron chi connectivity index (χ1n) is 10.2. The number of ketones is 2. The molecule has 3 fully saturated rings. The molecule has 27 heavy (non-hydrogen) atoms. The Morgan fingerprint density at radius 3 is 2.63 bits per heavy atom. The van der Waals surface area contributed by atoms with Gasteiger partial charge in [-0.15, -0.1) is 5.73 Å². The number of rotatable bonds is 2. The van der Waals surface area contributed by atoms with Gasteiger partial charge >= 0.3 is 5.97 Å². The second-order valence-electron chi connectivity index (χ2n) is 9.05. The van der Waals surface area contributed by atoms with Crippen LogP contribution in [0.1, 0.15) is 65.2 Å². The van der Waals surface area contributed by atoms with Crippen LogP contribution >= 0.6 is 0 Å². The van der Waals surface area contributed by atoms with E-state index in [1.165, 1.54) is 6.92 Å². The SMILES string of the molecule is C=C=C[C@]12CCC(=O)C(OC(C)=O)=C1CC[C@@H]1[C@@H]2CC[C@]2(C)C(=O)CC[C@@H]12. The van der Waals surface area contributed by atoms with Crippen molar-refractivity contribution in [1.82, 2.24) is 0 Å². The van der Waals surface area contributed by atoms with Gasteiger partial charge in [-0.25, -0.2) is 0 Å². The normalized spacial score (nSPS) is 40.6. The van der Waals surface area contributed by atoms with Gasteiger partial charge in [0.25, 0.3) is 0 Å². The third kappa shape index (κ3) is 2.53. The first-order valence-corrected chi connectivity index (χ1v) is 10.2. The first-order chi connectivity index (χ1) is 12.8. The summed E-state index contributed by atoms with van der Waals surface area (Å²) < 4.78 is 5.42. The highest BCUT2D eigenvalue weighted by Gasteiger charge is 2.60. The molecule has 4 aliphatic carbocycles. The number of Topliss-reactive ketones (excluding diaryl/α,β-unsaturated/α-hetero) is 2. The Balaban J connectivity index is 1.81. The van der Waals surface area contributed by atoms with Gasteiger partial charge in [0.1, 0.15) is 5.78 Å².